The molecule has 0 rings (SSSR count). The molecule has 0 spiro atoms. The molecule has 532 valence electrons. The summed E-state index contributed by atoms with van der Waals surface area (Å²) in [6, 6.07) is 0. The van der Waals surface area contributed by atoms with Crippen molar-refractivity contribution >= 4 is 17.9 Å². The largest absolute Gasteiger partial charge is 0.477 e. The molecule has 9 nitrogen and oxygen atoms in total. The van der Waals surface area contributed by atoms with Crippen molar-refractivity contribution in [3.05, 3.63) is 60.8 Å². The quantitative estimate of drug-likeness (QED) is 0.0211. The number of carboxylic acids is 1. The average molecular weight is 1280 g/mol. The molecule has 0 fully saturated rings. The molecule has 91 heavy (non-hydrogen) atoms. The minimum atomic E-state index is -1.51. The lowest BCUT2D eigenvalue weighted by atomic mass is 10.0. The number of nitrogens with zero attached hydrogens (tertiary/aromatic N) is 1. The third kappa shape index (κ3) is 74.3. The summed E-state index contributed by atoms with van der Waals surface area (Å²) in [5, 5.41) is 9.77. The van der Waals surface area contributed by atoms with Crippen LogP contribution in [0.3, 0.4) is 0 Å². The van der Waals surface area contributed by atoms with Crippen molar-refractivity contribution in [2.75, 3.05) is 47.5 Å². The fourth-order valence-corrected chi connectivity index (χ4v) is 11.8. The first-order chi connectivity index (χ1) is 44.6. The normalized spacial score (nSPS) is 12.9. The van der Waals surface area contributed by atoms with Gasteiger partial charge >= 0.3 is 17.9 Å². The van der Waals surface area contributed by atoms with Crippen LogP contribution < -0.4 is 0 Å². The second kappa shape index (κ2) is 72.8. The highest BCUT2D eigenvalue weighted by Crippen LogP contribution is 2.20. The standard InChI is InChI=1S/C82H151NO8/c1-6-8-10-12-14-16-18-20-22-24-26-28-30-32-34-36-37-38-39-40-41-42-43-45-46-48-50-52-54-56-58-60-62-64-66-68-70-72-79(84)89-76-78(77-90-82(81(86)87)88-75-74-83(3,4)5)91-80(85)73-71-69-67-65-63-61-59-57-55-53-51-49-47-44-35-33-31-29-27-25-23-21-19-17-15-13-11-9-7-2/h9,11,15,17,21,23,27,29,33,35,78,82H,6-8,10,12-14,16,18-20,22,24-26,28,30-32,34,36-77H2,1-5H3/p+1/b11-9-,17-15-,23-21-,29-27-,35-33-. The van der Waals surface area contributed by atoms with E-state index in [9.17, 15) is 19.5 Å². The Kier molecular flexibility index (Phi) is 70.4. The van der Waals surface area contributed by atoms with Crippen LogP contribution in [0.15, 0.2) is 60.8 Å². The first kappa shape index (κ1) is 88.0. The number of rotatable bonds is 74. The number of hydrogen-bond donors (Lipinski definition) is 1. The van der Waals surface area contributed by atoms with Crippen LogP contribution in [0.4, 0.5) is 0 Å². The minimum Gasteiger partial charge on any atom is -0.477 e. The molecule has 2 atom stereocenters. The van der Waals surface area contributed by atoms with Crippen LogP contribution in [0.2, 0.25) is 0 Å². The number of quaternary nitrogens is 1. The molecule has 0 radical (unpaired) electrons. The Balaban J connectivity index is 3.98. The van der Waals surface area contributed by atoms with E-state index in [-0.39, 0.29) is 32.2 Å². The minimum absolute atomic E-state index is 0.179. The number of ether oxygens (including phenoxy) is 4. The Bertz CT molecular complexity index is 1680. The van der Waals surface area contributed by atoms with E-state index in [1.165, 1.54) is 289 Å². The molecule has 9 heteroatoms. The average Bonchev–Trinajstić information content (AvgIpc) is 3.66. The van der Waals surface area contributed by atoms with Gasteiger partial charge < -0.3 is 28.5 Å². The summed E-state index contributed by atoms with van der Waals surface area (Å²) >= 11 is 0. The van der Waals surface area contributed by atoms with E-state index in [0.717, 1.165) is 70.6 Å². The summed E-state index contributed by atoms with van der Waals surface area (Å²) in [7, 11) is 5.99. The van der Waals surface area contributed by atoms with E-state index in [1.54, 1.807) is 0 Å². The van der Waals surface area contributed by atoms with Crippen molar-refractivity contribution < 1.29 is 42.9 Å². The van der Waals surface area contributed by atoms with Gasteiger partial charge in [-0.25, -0.2) is 4.79 Å². The van der Waals surface area contributed by atoms with Crippen LogP contribution in [0, 0.1) is 0 Å². The van der Waals surface area contributed by atoms with E-state index in [0.29, 0.717) is 17.4 Å². The summed E-state index contributed by atoms with van der Waals surface area (Å²) in [6.45, 7) is 4.83. The maximum absolute atomic E-state index is 13.0. The molecular weight excluding hydrogens is 1130 g/mol. The first-order valence-corrected chi connectivity index (χ1v) is 39.5. The van der Waals surface area contributed by atoms with Gasteiger partial charge in [0.05, 0.1) is 34.4 Å². The molecule has 0 bridgehead atoms. The van der Waals surface area contributed by atoms with Crippen LogP contribution in [0.5, 0.6) is 0 Å². The second-order valence-electron chi connectivity index (χ2n) is 28.0. The van der Waals surface area contributed by atoms with Crippen molar-refractivity contribution in [1.29, 1.82) is 0 Å². The van der Waals surface area contributed by atoms with Crippen LogP contribution >= 0.6 is 0 Å². The van der Waals surface area contributed by atoms with Gasteiger partial charge in [-0.1, -0.05) is 376 Å². The maximum atomic E-state index is 13.0. The van der Waals surface area contributed by atoms with Gasteiger partial charge in [-0.3, -0.25) is 9.59 Å². The number of carbonyl (C=O) groups is 3. The number of carboxylic acid groups (broad SMARTS) is 1. The van der Waals surface area contributed by atoms with Crippen molar-refractivity contribution in [3.63, 3.8) is 0 Å². The number of likely N-dealkylation sites (N-methyl/N-ethyl adjacent to an activating group) is 1. The first-order valence-electron chi connectivity index (χ1n) is 39.5. The van der Waals surface area contributed by atoms with Gasteiger partial charge in [0, 0.05) is 12.8 Å². The predicted octanol–water partition coefficient (Wildman–Crippen LogP) is 25.0. The van der Waals surface area contributed by atoms with Crippen LogP contribution in [-0.2, 0) is 33.3 Å². The maximum Gasteiger partial charge on any atom is 0.361 e. The summed E-state index contributed by atoms with van der Waals surface area (Å²) < 4.78 is 23.0. The van der Waals surface area contributed by atoms with E-state index in [1.807, 2.05) is 21.1 Å². The molecule has 0 aliphatic heterocycles. The van der Waals surface area contributed by atoms with E-state index >= 15 is 0 Å². The van der Waals surface area contributed by atoms with Crippen LogP contribution in [-0.4, -0.2) is 87.4 Å². The number of esters is 2. The van der Waals surface area contributed by atoms with Gasteiger partial charge in [0.1, 0.15) is 13.2 Å². The zero-order chi connectivity index (χ0) is 66.1. The Morgan fingerprint density at radius 3 is 0.934 bits per heavy atom. The Hall–Kier alpha value is -3.01. The lowest BCUT2D eigenvalue weighted by Crippen LogP contribution is -2.40. The second-order valence-corrected chi connectivity index (χ2v) is 28.0. The summed E-state index contributed by atoms with van der Waals surface area (Å²) in [5.41, 5.74) is 0. The number of aliphatic carboxylic acids is 1. The fourth-order valence-electron chi connectivity index (χ4n) is 11.8. The summed E-state index contributed by atoms with van der Waals surface area (Å²) in [4.78, 5) is 37.7. The SMILES string of the molecule is CC/C=C\C/C=C\C/C=C\C/C=C\C/C=C\CCCCCCCCCCCCCCCC(=O)OC(COC(=O)CCCCCCCCCCCCCCCCCCCCCCCCCCCCCCCCCCCCCCC)COC(OCC[N+](C)(C)C)C(=O)O. The topological polar surface area (TPSA) is 108 Å². The molecule has 0 aliphatic carbocycles. The van der Waals surface area contributed by atoms with Gasteiger partial charge in [0.2, 0.25) is 0 Å². The molecular formula is C82H152NO8+. The fraction of sp³-hybridized carbons (Fsp3) is 0.841. The molecule has 2 unspecified atom stereocenters. The lowest BCUT2D eigenvalue weighted by molar-refractivity contribution is -0.870. The summed E-state index contributed by atoms with van der Waals surface area (Å²) in [5.74, 6) is -1.98. The van der Waals surface area contributed by atoms with E-state index in [2.05, 4.69) is 74.6 Å². The number of hydrogen-bond acceptors (Lipinski definition) is 7. The Morgan fingerprint density at radius 2 is 0.626 bits per heavy atom. The Labute approximate surface area is 565 Å². The highest BCUT2D eigenvalue weighted by Gasteiger charge is 2.25. The molecule has 0 aromatic heterocycles. The van der Waals surface area contributed by atoms with Gasteiger partial charge in [0.15, 0.2) is 6.10 Å². The van der Waals surface area contributed by atoms with Crippen molar-refractivity contribution in [2.45, 2.75) is 399 Å². The third-order valence-electron chi connectivity index (χ3n) is 17.8. The number of allylic oxidation sites excluding steroid dienone is 10. The van der Waals surface area contributed by atoms with Gasteiger partial charge in [-0.05, 0) is 57.8 Å². The van der Waals surface area contributed by atoms with Crippen LogP contribution in [0.25, 0.3) is 0 Å². The van der Waals surface area contributed by atoms with Gasteiger partial charge in [0.25, 0.3) is 6.29 Å². The number of unbranched alkanes of at least 4 members (excludes halogenated alkanes) is 49. The van der Waals surface area contributed by atoms with E-state index < -0.39 is 24.3 Å². The highest BCUT2D eigenvalue weighted by molar-refractivity contribution is 5.71. The van der Waals surface area contributed by atoms with Gasteiger partial charge in [-0.15, -0.1) is 0 Å². The van der Waals surface area contributed by atoms with Gasteiger partial charge in [-0.2, -0.15) is 0 Å². The molecule has 0 amide bonds. The lowest BCUT2D eigenvalue weighted by Gasteiger charge is -2.25. The van der Waals surface area contributed by atoms with Crippen LogP contribution in [0.1, 0.15) is 386 Å². The predicted molar refractivity (Wildman–Crippen MR) is 392 cm³/mol. The highest BCUT2D eigenvalue weighted by atomic mass is 16.7. The smallest absolute Gasteiger partial charge is 0.361 e. The monoisotopic (exact) mass is 1280 g/mol. The van der Waals surface area contributed by atoms with Crippen molar-refractivity contribution in [1.82, 2.24) is 0 Å². The zero-order valence-electron chi connectivity index (χ0n) is 61.0. The zero-order valence-corrected chi connectivity index (χ0v) is 61.0. The molecule has 0 aromatic carbocycles. The summed E-state index contributed by atoms with van der Waals surface area (Å²) in [6.07, 6.45) is 93.8. The molecule has 0 heterocycles. The Morgan fingerprint density at radius 1 is 0.341 bits per heavy atom. The molecule has 0 saturated carbocycles. The molecule has 0 saturated heterocycles. The van der Waals surface area contributed by atoms with E-state index in [4.69, 9.17) is 18.9 Å². The molecule has 0 aliphatic rings. The third-order valence-corrected chi connectivity index (χ3v) is 17.8. The van der Waals surface area contributed by atoms with Crippen molar-refractivity contribution in [2.24, 2.45) is 0 Å². The molecule has 1 N–H and O–H groups in total. The number of carbonyl (C=O) groups excluding carboxylic acids is 2. The molecule has 0 aromatic rings. The van der Waals surface area contributed by atoms with Crippen molar-refractivity contribution in [3.8, 4) is 0 Å².